The standard InChI is InChI=1S/C15H26N2O/c1-4-5-14(16)12-7-9-17(10-12)11-13-6-8-15(2,3)18-13/h7,9-10,13-14H,4-6,8,11,16H2,1-3H3. The lowest BCUT2D eigenvalue weighted by Gasteiger charge is -2.19. The molecule has 0 radical (unpaired) electrons. The van der Waals surface area contributed by atoms with Gasteiger partial charge in [0.05, 0.1) is 11.7 Å². The van der Waals surface area contributed by atoms with Gasteiger partial charge in [0, 0.05) is 25.0 Å². The average Bonchev–Trinajstić information content (AvgIpc) is 2.86. The van der Waals surface area contributed by atoms with Crippen molar-refractivity contribution < 1.29 is 4.74 Å². The summed E-state index contributed by atoms with van der Waals surface area (Å²) < 4.78 is 8.24. The van der Waals surface area contributed by atoms with Gasteiger partial charge in [-0.15, -0.1) is 0 Å². The summed E-state index contributed by atoms with van der Waals surface area (Å²) in [6.45, 7) is 7.46. The number of hydrogen-bond donors (Lipinski definition) is 1. The smallest absolute Gasteiger partial charge is 0.0762 e. The zero-order valence-corrected chi connectivity index (χ0v) is 11.9. The van der Waals surface area contributed by atoms with Crippen molar-refractivity contribution in [3.63, 3.8) is 0 Å². The van der Waals surface area contributed by atoms with Crippen LogP contribution in [0.25, 0.3) is 0 Å². The predicted molar refractivity (Wildman–Crippen MR) is 74.5 cm³/mol. The van der Waals surface area contributed by atoms with Crippen LogP contribution in [0.2, 0.25) is 0 Å². The van der Waals surface area contributed by atoms with Gasteiger partial charge in [-0.1, -0.05) is 13.3 Å². The van der Waals surface area contributed by atoms with E-state index >= 15 is 0 Å². The van der Waals surface area contributed by atoms with Crippen LogP contribution in [0.4, 0.5) is 0 Å². The van der Waals surface area contributed by atoms with E-state index in [0.29, 0.717) is 6.10 Å². The minimum Gasteiger partial charge on any atom is -0.370 e. The zero-order chi connectivity index (χ0) is 13.2. The molecule has 0 bridgehead atoms. The summed E-state index contributed by atoms with van der Waals surface area (Å²) in [4.78, 5) is 0. The van der Waals surface area contributed by atoms with E-state index in [1.165, 1.54) is 5.56 Å². The van der Waals surface area contributed by atoms with Crippen LogP contribution in [-0.4, -0.2) is 16.3 Å². The van der Waals surface area contributed by atoms with Crippen molar-refractivity contribution in [1.29, 1.82) is 0 Å². The van der Waals surface area contributed by atoms with E-state index in [1.807, 2.05) is 0 Å². The van der Waals surface area contributed by atoms with Crippen LogP contribution in [0.1, 0.15) is 58.1 Å². The lowest BCUT2D eigenvalue weighted by Crippen LogP contribution is -2.22. The second-order valence-electron chi connectivity index (χ2n) is 6.08. The Hall–Kier alpha value is -0.800. The van der Waals surface area contributed by atoms with E-state index < -0.39 is 0 Å². The Morgan fingerprint density at radius 3 is 2.94 bits per heavy atom. The monoisotopic (exact) mass is 250 g/mol. The summed E-state index contributed by atoms with van der Waals surface area (Å²) in [5.41, 5.74) is 7.42. The van der Waals surface area contributed by atoms with Crippen LogP contribution in [0.5, 0.6) is 0 Å². The minimum absolute atomic E-state index is 0.0548. The van der Waals surface area contributed by atoms with Crippen LogP contribution in [-0.2, 0) is 11.3 Å². The molecule has 0 amide bonds. The van der Waals surface area contributed by atoms with Crippen molar-refractivity contribution in [3.05, 3.63) is 24.0 Å². The Kier molecular flexibility index (Phi) is 4.13. The van der Waals surface area contributed by atoms with Crippen LogP contribution < -0.4 is 5.73 Å². The number of nitrogens with two attached hydrogens (primary N) is 1. The summed E-state index contributed by atoms with van der Waals surface area (Å²) in [5.74, 6) is 0. The highest BCUT2D eigenvalue weighted by atomic mass is 16.5. The molecule has 0 aromatic carbocycles. The van der Waals surface area contributed by atoms with Crippen molar-refractivity contribution in [2.45, 2.75) is 70.7 Å². The van der Waals surface area contributed by atoms with Gasteiger partial charge >= 0.3 is 0 Å². The van der Waals surface area contributed by atoms with E-state index in [9.17, 15) is 0 Å². The van der Waals surface area contributed by atoms with Crippen LogP contribution in [0, 0.1) is 0 Å². The maximum absolute atomic E-state index is 6.13. The molecular formula is C15H26N2O. The minimum atomic E-state index is 0.0548. The van der Waals surface area contributed by atoms with Crippen molar-refractivity contribution in [2.24, 2.45) is 5.73 Å². The first-order valence-corrected chi connectivity index (χ1v) is 7.09. The van der Waals surface area contributed by atoms with E-state index in [0.717, 1.165) is 32.2 Å². The summed E-state index contributed by atoms with van der Waals surface area (Å²) in [6.07, 6.45) is 9.14. The zero-order valence-electron chi connectivity index (χ0n) is 11.9. The number of rotatable bonds is 5. The molecule has 1 aromatic heterocycles. The predicted octanol–water partition coefficient (Wildman–Crippen LogP) is 3.25. The number of aromatic nitrogens is 1. The Morgan fingerprint density at radius 2 is 2.33 bits per heavy atom. The number of ether oxygens (including phenoxy) is 1. The van der Waals surface area contributed by atoms with E-state index in [4.69, 9.17) is 10.5 Å². The van der Waals surface area contributed by atoms with Gasteiger partial charge in [-0.05, 0) is 44.7 Å². The Labute approximate surface area is 110 Å². The Morgan fingerprint density at radius 1 is 1.56 bits per heavy atom. The maximum Gasteiger partial charge on any atom is 0.0762 e. The molecule has 1 aliphatic heterocycles. The molecule has 2 heterocycles. The van der Waals surface area contributed by atoms with Gasteiger partial charge in [-0.3, -0.25) is 0 Å². The summed E-state index contributed by atoms with van der Waals surface area (Å²) in [5, 5.41) is 0. The molecule has 3 nitrogen and oxygen atoms in total. The largest absolute Gasteiger partial charge is 0.370 e. The third-order valence-corrected chi connectivity index (χ3v) is 3.77. The number of hydrogen-bond acceptors (Lipinski definition) is 2. The lowest BCUT2D eigenvalue weighted by molar-refractivity contribution is -0.0216. The highest BCUT2D eigenvalue weighted by molar-refractivity contribution is 5.14. The first-order valence-electron chi connectivity index (χ1n) is 7.09. The fraction of sp³-hybridized carbons (Fsp3) is 0.733. The molecule has 0 spiro atoms. The molecule has 3 heteroatoms. The van der Waals surface area contributed by atoms with E-state index in [-0.39, 0.29) is 11.6 Å². The summed E-state index contributed by atoms with van der Waals surface area (Å²) >= 11 is 0. The molecule has 1 aromatic rings. The third-order valence-electron chi connectivity index (χ3n) is 3.77. The van der Waals surface area contributed by atoms with E-state index in [2.05, 4.69) is 43.8 Å². The quantitative estimate of drug-likeness (QED) is 0.871. The van der Waals surface area contributed by atoms with Gasteiger partial charge in [0.15, 0.2) is 0 Å². The van der Waals surface area contributed by atoms with Crippen LogP contribution >= 0.6 is 0 Å². The molecule has 0 saturated carbocycles. The van der Waals surface area contributed by atoms with Crippen LogP contribution in [0.3, 0.4) is 0 Å². The van der Waals surface area contributed by atoms with Crippen LogP contribution in [0.15, 0.2) is 18.5 Å². The van der Waals surface area contributed by atoms with Crippen molar-refractivity contribution >= 4 is 0 Å². The molecule has 2 rings (SSSR count). The molecule has 18 heavy (non-hydrogen) atoms. The van der Waals surface area contributed by atoms with Crippen molar-refractivity contribution in [2.75, 3.05) is 0 Å². The second kappa shape index (κ2) is 5.45. The molecule has 2 atom stereocenters. The SMILES string of the molecule is CCCC(N)c1ccn(CC2CCC(C)(C)O2)c1. The fourth-order valence-corrected chi connectivity index (χ4v) is 2.71. The summed E-state index contributed by atoms with van der Waals surface area (Å²) in [6, 6.07) is 2.32. The Balaban J connectivity index is 1.91. The van der Waals surface area contributed by atoms with E-state index in [1.54, 1.807) is 0 Å². The number of nitrogens with zero attached hydrogens (tertiary/aromatic N) is 1. The molecule has 0 aliphatic carbocycles. The topological polar surface area (TPSA) is 40.2 Å². The van der Waals surface area contributed by atoms with Gasteiger partial charge in [-0.25, -0.2) is 0 Å². The van der Waals surface area contributed by atoms with Gasteiger partial charge < -0.3 is 15.0 Å². The lowest BCUT2D eigenvalue weighted by atomic mass is 10.1. The van der Waals surface area contributed by atoms with Gasteiger partial charge in [0.2, 0.25) is 0 Å². The highest BCUT2D eigenvalue weighted by Crippen LogP contribution is 2.30. The molecule has 1 fully saturated rings. The highest BCUT2D eigenvalue weighted by Gasteiger charge is 2.31. The third kappa shape index (κ3) is 3.36. The molecule has 102 valence electrons. The molecule has 1 aliphatic rings. The maximum atomic E-state index is 6.13. The van der Waals surface area contributed by atoms with Crippen molar-refractivity contribution in [1.82, 2.24) is 4.57 Å². The van der Waals surface area contributed by atoms with Gasteiger partial charge in [0.25, 0.3) is 0 Å². The average molecular weight is 250 g/mol. The fourth-order valence-electron chi connectivity index (χ4n) is 2.71. The normalized spacial score (nSPS) is 24.3. The Bertz CT molecular complexity index is 384. The first-order chi connectivity index (χ1) is 8.50. The first kappa shape index (κ1) is 13.6. The molecule has 2 N–H and O–H groups in total. The second-order valence-corrected chi connectivity index (χ2v) is 6.08. The summed E-state index contributed by atoms with van der Waals surface area (Å²) in [7, 11) is 0. The van der Waals surface area contributed by atoms with Gasteiger partial charge in [0.1, 0.15) is 0 Å². The molecule has 2 unspecified atom stereocenters. The van der Waals surface area contributed by atoms with Crippen molar-refractivity contribution in [3.8, 4) is 0 Å². The molecular weight excluding hydrogens is 224 g/mol. The van der Waals surface area contributed by atoms with Gasteiger partial charge in [-0.2, -0.15) is 0 Å². The molecule has 1 saturated heterocycles.